The van der Waals surface area contributed by atoms with Crippen LogP contribution in [0.3, 0.4) is 0 Å². The van der Waals surface area contributed by atoms with Gasteiger partial charge in [0.25, 0.3) is 0 Å². The maximum atomic E-state index is 9.33. The largest absolute Gasteiger partial charge is 0.494 e. The maximum Gasteiger partial charge on any atom is 0.492 e. The Labute approximate surface area is 123 Å². The standard InChI is InChI=1S/C16H27BO3/c1-3-4-5-6-7-8-9-12-20-16-11-10-14(2)13-15(16)17(18)19/h10-11,13,18-19H,3-9,12H2,1-2H3. The summed E-state index contributed by atoms with van der Waals surface area (Å²) < 4.78 is 5.66. The second-order valence-electron chi connectivity index (χ2n) is 5.38. The number of ether oxygens (including phenoxy) is 1. The number of benzene rings is 1. The fourth-order valence-corrected chi connectivity index (χ4v) is 2.24. The molecule has 0 aliphatic carbocycles. The van der Waals surface area contributed by atoms with E-state index in [0.29, 0.717) is 17.8 Å². The first-order chi connectivity index (χ1) is 9.65. The molecule has 0 saturated heterocycles. The average molecular weight is 278 g/mol. The Balaban J connectivity index is 2.25. The summed E-state index contributed by atoms with van der Waals surface area (Å²) in [4.78, 5) is 0. The van der Waals surface area contributed by atoms with Gasteiger partial charge in [-0.25, -0.2) is 0 Å². The number of aryl methyl sites for hydroxylation is 1. The van der Waals surface area contributed by atoms with Crippen LogP contribution in [-0.2, 0) is 0 Å². The van der Waals surface area contributed by atoms with Crippen molar-refractivity contribution < 1.29 is 14.8 Å². The predicted molar refractivity (Wildman–Crippen MR) is 84.5 cm³/mol. The summed E-state index contributed by atoms with van der Waals surface area (Å²) in [6.45, 7) is 4.78. The molecule has 1 aromatic rings. The van der Waals surface area contributed by atoms with Crippen LogP contribution in [0.1, 0.15) is 57.4 Å². The highest BCUT2D eigenvalue weighted by atomic mass is 16.5. The Morgan fingerprint density at radius 2 is 1.65 bits per heavy atom. The minimum atomic E-state index is -1.47. The van der Waals surface area contributed by atoms with Crippen molar-refractivity contribution in [3.63, 3.8) is 0 Å². The van der Waals surface area contributed by atoms with E-state index in [4.69, 9.17) is 4.74 Å². The van der Waals surface area contributed by atoms with Crippen molar-refractivity contribution in [3.8, 4) is 5.75 Å². The molecule has 4 heteroatoms. The van der Waals surface area contributed by atoms with Crippen LogP contribution in [0.5, 0.6) is 5.75 Å². The average Bonchev–Trinajstić information content (AvgIpc) is 2.43. The number of unbranched alkanes of at least 4 members (excludes halogenated alkanes) is 6. The van der Waals surface area contributed by atoms with Crippen LogP contribution >= 0.6 is 0 Å². The zero-order chi connectivity index (χ0) is 14.8. The van der Waals surface area contributed by atoms with Crippen LogP contribution in [0.15, 0.2) is 18.2 Å². The van der Waals surface area contributed by atoms with Crippen molar-refractivity contribution in [2.24, 2.45) is 0 Å². The molecular weight excluding hydrogens is 251 g/mol. The summed E-state index contributed by atoms with van der Waals surface area (Å²) in [6.07, 6.45) is 8.69. The van der Waals surface area contributed by atoms with Gasteiger partial charge in [-0.1, -0.05) is 63.1 Å². The summed E-state index contributed by atoms with van der Waals surface area (Å²) in [5.74, 6) is 0.580. The molecule has 0 fully saturated rings. The van der Waals surface area contributed by atoms with Crippen molar-refractivity contribution in [2.75, 3.05) is 6.61 Å². The number of rotatable bonds is 10. The van der Waals surface area contributed by atoms with E-state index < -0.39 is 7.12 Å². The van der Waals surface area contributed by atoms with E-state index in [9.17, 15) is 10.0 Å². The number of hydrogen-bond acceptors (Lipinski definition) is 3. The molecule has 1 rings (SSSR count). The van der Waals surface area contributed by atoms with Crippen LogP contribution in [0.25, 0.3) is 0 Å². The van der Waals surface area contributed by atoms with Gasteiger partial charge in [-0.05, 0) is 19.4 Å². The van der Waals surface area contributed by atoms with Crippen molar-refractivity contribution in [3.05, 3.63) is 23.8 Å². The van der Waals surface area contributed by atoms with Gasteiger partial charge in [0.15, 0.2) is 0 Å². The highest BCUT2D eigenvalue weighted by Crippen LogP contribution is 2.12. The molecule has 0 unspecified atom stereocenters. The number of hydrogen-bond donors (Lipinski definition) is 2. The molecule has 0 bridgehead atoms. The molecule has 0 heterocycles. The van der Waals surface area contributed by atoms with Crippen molar-refractivity contribution in [1.29, 1.82) is 0 Å². The van der Waals surface area contributed by atoms with Crippen molar-refractivity contribution in [2.45, 2.75) is 58.8 Å². The van der Waals surface area contributed by atoms with Crippen LogP contribution in [0.2, 0.25) is 0 Å². The molecule has 3 nitrogen and oxygen atoms in total. The van der Waals surface area contributed by atoms with Gasteiger partial charge >= 0.3 is 7.12 Å². The van der Waals surface area contributed by atoms with Gasteiger partial charge in [-0.3, -0.25) is 0 Å². The van der Waals surface area contributed by atoms with E-state index in [1.165, 1.54) is 38.5 Å². The molecule has 20 heavy (non-hydrogen) atoms. The Hall–Kier alpha value is -0.995. The Kier molecular flexibility index (Phi) is 8.39. The molecule has 0 aliphatic heterocycles. The maximum absolute atomic E-state index is 9.33. The third kappa shape index (κ3) is 6.44. The minimum Gasteiger partial charge on any atom is -0.494 e. The highest BCUT2D eigenvalue weighted by Gasteiger charge is 2.17. The highest BCUT2D eigenvalue weighted by molar-refractivity contribution is 6.59. The first-order valence-electron chi connectivity index (χ1n) is 7.74. The van der Waals surface area contributed by atoms with Crippen LogP contribution in [0.4, 0.5) is 0 Å². The summed E-state index contributed by atoms with van der Waals surface area (Å²) in [5, 5.41) is 18.7. The van der Waals surface area contributed by atoms with E-state index in [0.717, 1.165) is 12.0 Å². The lowest BCUT2D eigenvalue weighted by molar-refractivity contribution is 0.304. The third-order valence-electron chi connectivity index (χ3n) is 3.45. The molecule has 0 amide bonds. The van der Waals surface area contributed by atoms with E-state index in [1.807, 2.05) is 19.1 Å². The van der Waals surface area contributed by atoms with Gasteiger partial charge in [0, 0.05) is 5.46 Å². The lowest BCUT2D eigenvalue weighted by Gasteiger charge is -2.11. The molecule has 0 atom stereocenters. The van der Waals surface area contributed by atoms with Crippen LogP contribution < -0.4 is 10.2 Å². The van der Waals surface area contributed by atoms with E-state index in [2.05, 4.69) is 6.92 Å². The van der Waals surface area contributed by atoms with E-state index in [-0.39, 0.29) is 0 Å². The Morgan fingerprint density at radius 3 is 2.30 bits per heavy atom. The second-order valence-corrected chi connectivity index (χ2v) is 5.38. The summed E-state index contributed by atoms with van der Waals surface area (Å²) in [5.41, 5.74) is 1.45. The summed E-state index contributed by atoms with van der Waals surface area (Å²) >= 11 is 0. The monoisotopic (exact) mass is 278 g/mol. The van der Waals surface area contributed by atoms with Gasteiger partial charge in [0.2, 0.25) is 0 Å². The van der Waals surface area contributed by atoms with Crippen LogP contribution in [0, 0.1) is 6.92 Å². The van der Waals surface area contributed by atoms with Crippen LogP contribution in [-0.4, -0.2) is 23.8 Å². The van der Waals surface area contributed by atoms with Gasteiger partial charge in [0.05, 0.1) is 6.61 Å². The van der Waals surface area contributed by atoms with Gasteiger partial charge in [-0.2, -0.15) is 0 Å². The zero-order valence-corrected chi connectivity index (χ0v) is 12.8. The molecule has 0 aliphatic rings. The predicted octanol–water partition coefficient (Wildman–Crippen LogP) is 2.80. The summed E-state index contributed by atoms with van der Waals surface area (Å²) in [6, 6.07) is 5.49. The molecule has 0 radical (unpaired) electrons. The van der Waals surface area contributed by atoms with Crippen molar-refractivity contribution in [1.82, 2.24) is 0 Å². The summed E-state index contributed by atoms with van der Waals surface area (Å²) in [7, 11) is -1.47. The molecular formula is C16H27BO3. The Bertz CT molecular complexity index is 380. The topological polar surface area (TPSA) is 49.7 Å². The zero-order valence-electron chi connectivity index (χ0n) is 12.8. The molecule has 1 aromatic carbocycles. The van der Waals surface area contributed by atoms with Gasteiger partial charge in [-0.15, -0.1) is 0 Å². The Morgan fingerprint density at radius 1 is 1.00 bits per heavy atom. The quantitative estimate of drug-likeness (QED) is 0.511. The first kappa shape index (κ1) is 17.1. The van der Waals surface area contributed by atoms with Gasteiger partial charge < -0.3 is 14.8 Å². The second kappa shape index (κ2) is 9.84. The molecule has 0 spiro atoms. The lowest BCUT2D eigenvalue weighted by atomic mass is 9.79. The molecule has 0 aromatic heterocycles. The van der Waals surface area contributed by atoms with Gasteiger partial charge in [0.1, 0.15) is 5.75 Å². The SMILES string of the molecule is CCCCCCCCCOc1ccc(C)cc1B(O)O. The first-order valence-corrected chi connectivity index (χ1v) is 7.74. The third-order valence-corrected chi connectivity index (χ3v) is 3.45. The van der Waals surface area contributed by atoms with E-state index >= 15 is 0 Å². The molecule has 0 saturated carbocycles. The van der Waals surface area contributed by atoms with E-state index in [1.54, 1.807) is 6.07 Å². The molecule has 2 N–H and O–H groups in total. The normalized spacial score (nSPS) is 10.6. The lowest BCUT2D eigenvalue weighted by Crippen LogP contribution is -2.31. The minimum absolute atomic E-state index is 0.452. The van der Waals surface area contributed by atoms with Crippen molar-refractivity contribution >= 4 is 12.6 Å². The fraction of sp³-hybridized carbons (Fsp3) is 0.625. The molecule has 112 valence electrons. The fourth-order valence-electron chi connectivity index (χ4n) is 2.24. The smallest absolute Gasteiger partial charge is 0.492 e.